The molecule has 0 aliphatic rings. The van der Waals surface area contributed by atoms with E-state index >= 15 is 0 Å². The first-order valence-corrected chi connectivity index (χ1v) is 10.2. The molecule has 0 saturated carbocycles. The molecule has 9 heteroatoms. The molecule has 1 aromatic heterocycles. The van der Waals surface area contributed by atoms with Crippen LogP contribution in [0.2, 0.25) is 0 Å². The lowest BCUT2D eigenvalue weighted by Crippen LogP contribution is -2.17. The third-order valence-electron chi connectivity index (χ3n) is 4.88. The van der Waals surface area contributed by atoms with E-state index in [1.54, 1.807) is 0 Å². The van der Waals surface area contributed by atoms with Crippen LogP contribution in [-0.2, 0) is 17.6 Å². The van der Waals surface area contributed by atoms with E-state index < -0.39 is 29.2 Å². The molecule has 34 heavy (non-hydrogen) atoms. The van der Waals surface area contributed by atoms with Crippen LogP contribution in [0.25, 0.3) is 10.8 Å². The second-order valence-corrected chi connectivity index (χ2v) is 7.46. The summed E-state index contributed by atoms with van der Waals surface area (Å²) in [7, 11) is 0. The smallest absolute Gasteiger partial charge is 0.418 e. The molecular formula is C25H19F3N2O4. The second-order valence-electron chi connectivity index (χ2n) is 7.46. The predicted molar refractivity (Wildman–Crippen MR) is 121 cm³/mol. The van der Waals surface area contributed by atoms with Gasteiger partial charge in [-0.3, -0.25) is 9.59 Å². The molecule has 6 nitrogen and oxygen atoms in total. The predicted octanol–water partition coefficient (Wildman–Crippen LogP) is 6.24. The fraction of sp³-hybridized carbons (Fsp3) is 0.120. The summed E-state index contributed by atoms with van der Waals surface area (Å²) < 4.78 is 51.6. The molecule has 174 valence electrons. The largest absolute Gasteiger partial charge is 0.486 e. The number of ether oxygens (including phenoxy) is 1. The van der Waals surface area contributed by atoms with Crippen LogP contribution in [0.15, 0.2) is 77.2 Å². The van der Waals surface area contributed by atoms with Crippen LogP contribution in [0, 0.1) is 0 Å². The van der Waals surface area contributed by atoms with Gasteiger partial charge in [0.2, 0.25) is 5.91 Å². The zero-order valence-corrected chi connectivity index (χ0v) is 17.9. The monoisotopic (exact) mass is 468 g/mol. The minimum atomic E-state index is -4.75. The lowest BCUT2D eigenvalue weighted by molar-refractivity contribution is -0.137. The number of halogens is 3. The van der Waals surface area contributed by atoms with Gasteiger partial charge in [-0.2, -0.15) is 13.2 Å². The maximum atomic E-state index is 13.5. The van der Waals surface area contributed by atoms with Crippen molar-refractivity contribution in [2.24, 2.45) is 0 Å². The average molecular weight is 468 g/mol. The molecule has 4 aromatic rings. The molecular weight excluding hydrogens is 449 g/mol. The molecule has 2 amide bonds. The van der Waals surface area contributed by atoms with Crippen LogP contribution < -0.4 is 15.4 Å². The third-order valence-corrected chi connectivity index (χ3v) is 4.88. The van der Waals surface area contributed by atoms with Crippen LogP contribution in [0.4, 0.5) is 24.5 Å². The first-order valence-electron chi connectivity index (χ1n) is 10.2. The highest BCUT2D eigenvalue weighted by atomic mass is 19.4. The number of furan rings is 1. The van der Waals surface area contributed by atoms with E-state index in [1.165, 1.54) is 25.1 Å². The van der Waals surface area contributed by atoms with E-state index in [0.717, 1.165) is 22.9 Å². The van der Waals surface area contributed by atoms with Crippen molar-refractivity contribution in [1.82, 2.24) is 0 Å². The molecule has 4 rings (SSSR count). The Morgan fingerprint density at radius 1 is 0.912 bits per heavy atom. The Labute approximate surface area is 192 Å². The standard InChI is InChI=1S/C25H19F3N2O4/c1-15(31)29-18-7-10-22(21(13-18)25(26,27)28)30-24(32)23-11-9-20(34-23)14-33-19-8-6-16-4-2-3-5-17(16)12-19/h2-13H,14H2,1H3,(H,29,31)(H,30,32). The number of carbonyl (C=O) groups is 2. The van der Waals surface area contributed by atoms with Crippen LogP contribution in [0.3, 0.4) is 0 Å². The van der Waals surface area contributed by atoms with Gasteiger partial charge in [-0.25, -0.2) is 0 Å². The summed E-state index contributed by atoms with van der Waals surface area (Å²) in [6.07, 6.45) is -4.75. The number of rotatable bonds is 6. The first kappa shape index (κ1) is 22.9. The number of alkyl halides is 3. The maximum Gasteiger partial charge on any atom is 0.418 e. The van der Waals surface area contributed by atoms with E-state index in [4.69, 9.17) is 9.15 Å². The number of hydrogen-bond acceptors (Lipinski definition) is 4. The number of hydrogen-bond donors (Lipinski definition) is 2. The quantitative estimate of drug-likeness (QED) is 0.351. The SMILES string of the molecule is CC(=O)Nc1ccc(NC(=O)c2ccc(COc3ccc4ccccc4c3)o2)c(C(F)(F)F)c1. The topological polar surface area (TPSA) is 80.6 Å². The van der Waals surface area contributed by atoms with Gasteiger partial charge in [0.15, 0.2) is 5.76 Å². The number of carbonyl (C=O) groups excluding carboxylic acids is 2. The maximum absolute atomic E-state index is 13.5. The summed E-state index contributed by atoms with van der Waals surface area (Å²) in [5, 5.41) is 6.57. The van der Waals surface area contributed by atoms with E-state index in [2.05, 4.69) is 10.6 Å². The highest BCUT2D eigenvalue weighted by Crippen LogP contribution is 2.37. The van der Waals surface area contributed by atoms with Crippen molar-refractivity contribution in [2.75, 3.05) is 10.6 Å². The highest BCUT2D eigenvalue weighted by molar-refractivity contribution is 6.03. The number of fused-ring (bicyclic) bond motifs is 1. The van der Waals surface area contributed by atoms with Gasteiger partial charge in [0.1, 0.15) is 18.1 Å². The van der Waals surface area contributed by atoms with Crippen molar-refractivity contribution < 1.29 is 31.9 Å². The molecule has 2 N–H and O–H groups in total. The Morgan fingerprint density at radius 3 is 2.41 bits per heavy atom. The summed E-state index contributed by atoms with van der Waals surface area (Å²) in [6.45, 7) is 1.21. The first-order chi connectivity index (χ1) is 16.2. The highest BCUT2D eigenvalue weighted by Gasteiger charge is 2.34. The van der Waals surface area contributed by atoms with Crippen molar-refractivity contribution in [3.8, 4) is 5.75 Å². The van der Waals surface area contributed by atoms with E-state index in [9.17, 15) is 22.8 Å². The normalized spacial score (nSPS) is 11.3. The molecule has 0 radical (unpaired) electrons. The van der Waals surface area contributed by atoms with Crippen molar-refractivity contribution in [2.45, 2.75) is 19.7 Å². The minimum absolute atomic E-state index is 0.0326. The van der Waals surface area contributed by atoms with Gasteiger partial charge < -0.3 is 19.8 Å². The van der Waals surface area contributed by atoms with E-state index in [-0.39, 0.29) is 18.1 Å². The van der Waals surface area contributed by atoms with Gasteiger partial charge in [0.25, 0.3) is 5.91 Å². The molecule has 0 unspecified atom stereocenters. The second kappa shape index (κ2) is 9.30. The van der Waals surface area contributed by atoms with Crippen molar-refractivity contribution in [1.29, 1.82) is 0 Å². The number of amides is 2. The summed E-state index contributed by atoms with van der Waals surface area (Å²) >= 11 is 0. The number of anilines is 2. The Bertz CT molecular complexity index is 1360. The number of benzene rings is 3. The van der Waals surface area contributed by atoms with Crippen LogP contribution >= 0.6 is 0 Å². The minimum Gasteiger partial charge on any atom is -0.486 e. The molecule has 0 fully saturated rings. The summed E-state index contributed by atoms with van der Waals surface area (Å²) in [4.78, 5) is 23.6. The Hall–Kier alpha value is -4.27. The van der Waals surface area contributed by atoms with Gasteiger partial charge in [-0.15, -0.1) is 0 Å². The lowest BCUT2D eigenvalue weighted by atomic mass is 10.1. The van der Waals surface area contributed by atoms with Gasteiger partial charge in [0, 0.05) is 12.6 Å². The van der Waals surface area contributed by atoms with Crippen molar-refractivity contribution >= 4 is 34.0 Å². The van der Waals surface area contributed by atoms with Crippen molar-refractivity contribution in [3.63, 3.8) is 0 Å². The van der Waals surface area contributed by atoms with Gasteiger partial charge in [-0.05, 0) is 53.2 Å². The Kier molecular flexibility index (Phi) is 6.27. The zero-order chi connectivity index (χ0) is 24.3. The molecule has 0 saturated heterocycles. The third kappa shape index (κ3) is 5.37. The van der Waals surface area contributed by atoms with Gasteiger partial charge in [-0.1, -0.05) is 30.3 Å². The Balaban J connectivity index is 1.45. The molecule has 0 spiro atoms. The molecule has 0 bridgehead atoms. The van der Waals surface area contributed by atoms with Crippen LogP contribution in [0.1, 0.15) is 28.8 Å². The van der Waals surface area contributed by atoms with Crippen LogP contribution in [0.5, 0.6) is 5.75 Å². The van der Waals surface area contributed by atoms with Gasteiger partial charge >= 0.3 is 6.18 Å². The van der Waals surface area contributed by atoms with Crippen LogP contribution in [-0.4, -0.2) is 11.8 Å². The lowest BCUT2D eigenvalue weighted by Gasteiger charge is -2.15. The fourth-order valence-corrected chi connectivity index (χ4v) is 3.34. The zero-order valence-electron chi connectivity index (χ0n) is 17.9. The Morgan fingerprint density at radius 2 is 1.68 bits per heavy atom. The fourth-order valence-electron chi connectivity index (χ4n) is 3.34. The summed E-state index contributed by atoms with van der Waals surface area (Å²) in [5.41, 5.74) is -1.60. The van der Waals surface area contributed by atoms with Gasteiger partial charge in [0.05, 0.1) is 11.3 Å². The molecule has 1 heterocycles. The summed E-state index contributed by atoms with van der Waals surface area (Å²) in [5.74, 6) is -0.602. The molecule has 0 aliphatic heterocycles. The molecule has 3 aromatic carbocycles. The average Bonchev–Trinajstić information content (AvgIpc) is 3.27. The van der Waals surface area contributed by atoms with E-state index in [0.29, 0.717) is 11.5 Å². The summed E-state index contributed by atoms with van der Waals surface area (Å²) in [6, 6.07) is 19.3. The number of nitrogens with one attached hydrogen (secondary N) is 2. The molecule has 0 atom stereocenters. The van der Waals surface area contributed by atoms with Crippen molar-refractivity contribution in [3.05, 3.63) is 89.9 Å². The molecule has 0 aliphatic carbocycles. The van der Waals surface area contributed by atoms with E-state index in [1.807, 2.05) is 42.5 Å².